The van der Waals surface area contributed by atoms with Crippen molar-refractivity contribution in [3.8, 4) is 17.5 Å². The number of rotatable bonds is 21. The monoisotopic (exact) mass is 1510 g/mol. The largest absolute Gasteiger partial charge is 0.507 e. The number of ether oxygens (including phenoxy) is 5. The molecular formula is C85H110N6O15Si2. The first-order valence-corrected chi connectivity index (χ1v) is 42.9. The van der Waals surface area contributed by atoms with Crippen molar-refractivity contribution in [3.05, 3.63) is 200 Å². The molecule has 0 saturated heterocycles. The fourth-order valence-electron chi connectivity index (χ4n) is 15.6. The summed E-state index contributed by atoms with van der Waals surface area (Å²) in [6, 6.07) is 35.3. The highest BCUT2D eigenvalue weighted by atomic mass is 28.4. The van der Waals surface area contributed by atoms with Crippen LogP contribution in [0.5, 0.6) is 17.5 Å². The highest BCUT2D eigenvalue weighted by molar-refractivity contribution is 6.75. The van der Waals surface area contributed by atoms with Gasteiger partial charge < -0.3 is 56.5 Å². The number of fused-ring (bicyclic) bond motifs is 6. The summed E-state index contributed by atoms with van der Waals surface area (Å²) in [5.74, 6) is -1.94. The van der Waals surface area contributed by atoms with Crippen molar-refractivity contribution in [2.75, 3.05) is 86.7 Å². The Morgan fingerprint density at radius 2 is 1.08 bits per heavy atom. The summed E-state index contributed by atoms with van der Waals surface area (Å²) in [6.07, 6.45) is 3.61. The minimum atomic E-state index is -2.90. The number of esters is 1. The van der Waals surface area contributed by atoms with Crippen LogP contribution in [0.15, 0.2) is 142 Å². The second kappa shape index (κ2) is 31.7. The number of para-hydroxylation sites is 1. The van der Waals surface area contributed by atoms with Crippen molar-refractivity contribution in [1.29, 1.82) is 0 Å². The third kappa shape index (κ3) is 15.3. The van der Waals surface area contributed by atoms with Crippen LogP contribution in [0.1, 0.15) is 161 Å². The predicted molar refractivity (Wildman–Crippen MR) is 423 cm³/mol. The average Bonchev–Trinajstić information content (AvgIpc) is 1.02. The number of aryl methyl sites for hydroxylation is 2. The first-order valence-electron chi connectivity index (χ1n) is 37.0. The molecule has 23 heteroatoms. The van der Waals surface area contributed by atoms with Gasteiger partial charge in [-0.3, -0.25) is 29.0 Å². The van der Waals surface area contributed by atoms with E-state index >= 15 is 9.59 Å². The van der Waals surface area contributed by atoms with E-state index in [9.17, 15) is 19.5 Å². The fourth-order valence-corrected chi connectivity index (χ4v) is 18.5. The molecule has 0 bridgehead atoms. The van der Waals surface area contributed by atoms with Crippen molar-refractivity contribution in [2.24, 2.45) is 17.3 Å². The maximum Gasteiger partial charge on any atom is 0.344 e. The van der Waals surface area contributed by atoms with E-state index in [1.54, 1.807) is 25.3 Å². The number of anilines is 2. The molecule has 12 rings (SSSR count). The van der Waals surface area contributed by atoms with Crippen molar-refractivity contribution >= 4 is 62.9 Å². The number of carbonyl (C=O) groups excluding carboxylic acids is 5. The number of aliphatic hydroxyl groups is 1. The summed E-state index contributed by atoms with van der Waals surface area (Å²) in [4.78, 5) is 80.4. The average molecular weight is 1510 g/mol. The predicted octanol–water partition coefficient (Wildman–Crippen LogP) is 16.2. The third-order valence-electron chi connectivity index (χ3n) is 23.0. The lowest BCUT2D eigenvalue weighted by atomic mass is 9.51. The van der Waals surface area contributed by atoms with Gasteiger partial charge in [0.05, 0.1) is 24.3 Å². The highest BCUT2D eigenvalue weighted by Gasteiger charge is 2.72. The summed E-state index contributed by atoms with van der Waals surface area (Å²) in [7, 11) is 11.6. The third-order valence-corrected chi connectivity index (χ3v) is 31.9. The number of allylic oxidation sites excluding steroid dienone is 1. The first kappa shape index (κ1) is 81.9. The number of nitrogens with zero attached hydrogens (tertiary/aromatic N) is 6. The molecule has 1 saturated carbocycles. The second-order valence-corrected chi connectivity index (χ2v) is 42.7. The van der Waals surface area contributed by atoms with Gasteiger partial charge in [-0.1, -0.05) is 145 Å². The van der Waals surface area contributed by atoms with Gasteiger partial charge in [-0.2, -0.15) is 0 Å². The van der Waals surface area contributed by atoms with Crippen LogP contribution >= 0.6 is 0 Å². The molecule has 0 aliphatic heterocycles. The van der Waals surface area contributed by atoms with Gasteiger partial charge in [0.1, 0.15) is 42.6 Å². The number of Topliss-reactive ketones (excluding diaryl/α,β-unsaturated/α-hetero) is 3. The zero-order valence-corrected chi connectivity index (χ0v) is 69.4. The molecule has 7 aromatic rings. The lowest BCUT2D eigenvalue weighted by Gasteiger charge is -2.58. The number of ketones is 4. The van der Waals surface area contributed by atoms with Crippen LogP contribution in [0.2, 0.25) is 36.3 Å². The first-order chi connectivity index (χ1) is 50.7. The van der Waals surface area contributed by atoms with Crippen molar-refractivity contribution in [3.63, 3.8) is 0 Å². The molecule has 1 fully saturated rings. The van der Waals surface area contributed by atoms with Gasteiger partial charge in [0, 0.05) is 75.1 Å². The molecule has 5 aliphatic rings. The Labute approximate surface area is 639 Å². The Morgan fingerprint density at radius 1 is 0.611 bits per heavy atom. The van der Waals surface area contributed by atoms with Gasteiger partial charge in [0.2, 0.25) is 17.3 Å². The van der Waals surface area contributed by atoms with E-state index in [1.165, 1.54) is 0 Å². The van der Waals surface area contributed by atoms with Crippen molar-refractivity contribution in [2.45, 2.75) is 168 Å². The molecule has 0 spiro atoms. The molecule has 578 valence electrons. The Balaban J connectivity index is 0.000000191. The molecule has 0 amide bonds. The number of hydrogen-bond acceptors (Lipinski definition) is 21. The van der Waals surface area contributed by atoms with Crippen LogP contribution < -0.4 is 24.0 Å². The Hall–Kier alpha value is -8.66. The molecule has 2 aromatic heterocycles. The van der Waals surface area contributed by atoms with Crippen LogP contribution in [-0.2, 0) is 47.5 Å². The molecule has 0 unspecified atom stereocenters. The molecule has 0 radical (unpaired) electrons. The number of carbonyl (C=O) groups is 5. The molecule has 1 N–H and O–H groups in total. The van der Waals surface area contributed by atoms with Crippen LogP contribution in [0.4, 0.5) is 11.4 Å². The standard InChI is InChI=1S/C40H53N3O8Si.C28H38N2O5Si.C17H19NO2/c1-24-17-18-28(42(5)6)26-19-39(22-48-23-47-9)20-27-32(43(7)8)34-30(37(41-50-34)49-21-25-15-13-12-14-16-25)35(45)40(27,51-52(10,11)38(2,3)4)36(46)31(39)33(44)29(24)26;1-9-18-15-20-23(30(5)6)24-22(26(29-34-24)33-17-19-13-11-10-12-14-19)25(32)28(20,21(31)16-18)35-36(7,8)27(2,3)4;1-12-10-11-15(18(3)4)13(2)16(12)17(19)20-14-8-6-5-7-9-14/h12-18,27,32,44H,19-23H2,1-11H3;10-14,16,20,23H,9,15,17H2,1-8H3;5-11H,1-4H3/t27-,32-,39-,40+;20-,23-,28-;/m00./s1. The van der Waals surface area contributed by atoms with E-state index in [0.717, 1.165) is 56.7 Å². The van der Waals surface area contributed by atoms with E-state index in [2.05, 4.69) is 64.9 Å². The van der Waals surface area contributed by atoms with Gasteiger partial charge >= 0.3 is 5.97 Å². The zero-order valence-electron chi connectivity index (χ0n) is 67.4. The molecule has 7 atom stereocenters. The van der Waals surface area contributed by atoms with E-state index in [1.807, 2.05) is 220 Å². The lowest BCUT2D eigenvalue weighted by molar-refractivity contribution is -0.148. The number of methoxy groups -OCH3 is 1. The normalized spacial score (nSPS) is 21.8. The van der Waals surface area contributed by atoms with Gasteiger partial charge in [0.25, 0.3) is 11.8 Å². The Kier molecular flexibility index (Phi) is 24.1. The summed E-state index contributed by atoms with van der Waals surface area (Å²) in [6.45, 7) is 29.1. The SMILES string of the molecule is CCC1=CC(=O)[C@]2(O[Si](C)(C)C(C)(C)C)C(=O)c3c(OCc4ccccc4)noc3[C@@H](N(C)C)[C@@H]2C1.COCOC[C@@]12Cc3c(N(C)C)ccc(C)c3C(O)=C1C(=O)[C@]1(O[Si](C)(C)C(C)(C)C)C(=O)c3c(OCc4ccccc4)noc3[C@@H](N(C)C)[C@@H]1C2.Cc1ccc(N(C)C)c(C)c1C(=O)Oc1ccccc1. The maximum atomic E-state index is 16.0. The molecular weight excluding hydrogens is 1400 g/mol. The number of hydrogen-bond donors (Lipinski definition) is 1. The van der Waals surface area contributed by atoms with E-state index in [-0.39, 0.29) is 95.1 Å². The second-order valence-electron chi connectivity index (χ2n) is 33.2. The van der Waals surface area contributed by atoms with Crippen LogP contribution in [0, 0.1) is 38.0 Å². The minimum Gasteiger partial charge on any atom is -0.507 e. The van der Waals surface area contributed by atoms with Gasteiger partial charge in [0.15, 0.2) is 45.1 Å². The van der Waals surface area contributed by atoms with Gasteiger partial charge in [-0.05, 0) is 185 Å². The van der Waals surface area contributed by atoms with Gasteiger partial charge in [-0.15, -0.1) is 0 Å². The number of aliphatic hydroxyl groups excluding tert-OH is 1. The maximum absolute atomic E-state index is 16.0. The summed E-state index contributed by atoms with van der Waals surface area (Å²) < 4.78 is 55.2. The van der Waals surface area contributed by atoms with Crippen molar-refractivity contribution in [1.82, 2.24) is 20.1 Å². The fraction of sp³-hybridized carbons (Fsp3) is 0.471. The minimum absolute atomic E-state index is 0.00806. The summed E-state index contributed by atoms with van der Waals surface area (Å²) in [5, 5.41) is 20.4. The quantitative estimate of drug-likeness (QED) is 0.0176. The van der Waals surface area contributed by atoms with Gasteiger partial charge in [-0.25, -0.2) is 4.79 Å². The molecule has 5 aliphatic carbocycles. The van der Waals surface area contributed by atoms with Crippen LogP contribution in [0.25, 0.3) is 5.76 Å². The molecule has 5 aromatic carbocycles. The van der Waals surface area contributed by atoms with E-state index in [0.29, 0.717) is 41.2 Å². The van der Waals surface area contributed by atoms with Crippen LogP contribution in [0.3, 0.4) is 0 Å². The smallest absolute Gasteiger partial charge is 0.344 e. The summed E-state index contributed by atoms with van der Waals surface area (Å²) in [5.41, 5.74) is 5.43. The Morgan fingerprint density at radius 3 is 1.56 bits per heavy atom. The van der Waals surface area contributed by atoms with Crippen LogP contribution in [-0.4, -0.2) is 159 Å². The Bertz CT molecular complexity index is 4550. The van der Waals surface area contributed by atoms with E-state index < -0.39 is 68.5 Å². The zero-order chi connectivity index (χ0) is 79.1. The topological polar surface area (TPSA) is 235 Å². The molecule has 108 heavy (non-hydrogen) atoms. The summed E-state index contributed by atoms with van der Waals surface area (Å²) >= 11 is 0. The van der Waals surface area contributed by atoms with Crippen molar-refractivity contribution < 1.29 is 70.7 Å². The van der Waals surface area contributed by atoms with E-state index in [4.69, 9.17) is 41.6 Å². The number of benzene rings is 5. The molecule has 21 nitrogen and oxygen atoms in total. The highest BCUT2D eigenvalue weighted by Crippen LogP contribution is 2.64. The number of aromatic nitrogens is 2. The lowest BCUT2D eigenvalue weighted by Crippen LogP contribution is -2.70. The molecule has 2 heterocycles.